The first-order valence-corrected chi connectivity index (χ1v) is 10.3. The molecule has 8 heteroatoms. The highest BCUT2D eigenvalue weighted by Gasteiger charge is 2.21. The van der Waals surface area contributed by atoms with E-state index in [2.05, 4.69) is 46.5 Å². The summed E-state index contributed by atoms with van der Waals surface area (Å²) in [5.41, 5.74) is 3.57. The van der Waals surface area contributed by atoms with Crippen molar-refractivity contribution in [3.8, 4) is 11.1 Å². The van der Waals surface area contributed by atoms with E-state index in [0.29, 0.717) is 17.1 Å². The number of fused-ring (bicyclic) bond motifs is 1. The summed E-state index contributed by atoms with van der Waals surface area (Å²) >= 11 is 0. The fourth-order valence-corrected chi connectivity index (χ4v) is 3.72. The van der Waals surface area contributed by atoms with Gasteiger partial charge in [0.05, 0.1) is 23.8 Å². The molecule has 0 spiro atoms. The SMILES string of the molecule is CC(CF)NC(=O)c1cc(-c2cnn(C(c3ccccc3)C(C)C)c2)cn2ncnc12. The average Bonchev–Trinajstić information content (AvgIpc) is 3.43. The van der Waals surface area contributed by atoms with Gasteiger partial charge < -0.3 is 5.32 Å². The summed E-state index contributed by atoms with van der Waals surface area (Å²) in [6.07, 6.45) is 6.96. The molecule has 2 atom stereocenters. The Hall–Kier alpha value is -3.55. The molecule has 4 aromatic rings. The predicted octanol–water partition coefficient (Wildman–Crippen LogP) is 3.93. The van der Waals surface area contributed by atoms with E-state index in [9.17, 15) is 9.18 Å². The van der Waals surface area contributed by atoms with Crippen LogP contribution in [-0.2, 0) is 0 Å². The first kappa shape index (κ1) is 20.7. The van der Waals surface area contributed by atoms with Crippen LogP contribution < -0.4 is 5.32 Å². The molecule has 0 saturated heterocycles. The summed E-state index contributed by atoms with van der Waals surface area (Å²) < 4.78 is 16.4. The van der Waals surface area contributed by atoms with Gasteiger partial charge in [-0.2, -0.15) is 10.2 Å². The highest BCUT2D eigenvalue weighted by atomic mass is 19.1. The lowest BCUT2D eigenvalue weighted by molar-refractivity contribution is 0.0935. The second-order valence-electron chi connectivity index (χ2n) is 8.01. The monoisotopic (exact) mass is 420 g/mol. The van der Waals surface area contributed by atoms with E-state index < -0.39 is 12.7 Å². The van der Waals surface area contributed by atoms with Crippen LogP contribution in [-0.4, -0.2) is 43.0 Å². The zero-order valence-corrected chi connectivity index (χ0v) is 17.7. The summed E-state index contributed by atoms with van der Waals surface area (Å²) in [6.45, 7) is 5.30. The van der Waals surface area contributed by atoms with Crippen LogP contribution in [0.1, 0.15) is 42.7 Å². The van der Waals surface area contributed by atoms with Gasteiger partial charge in [-0.25, -0.2) is 13.9 Å². The molecule has 0 saturated carbocycles. The number of rotatable bonds is 7. The van der Waals surface area contributed by atoms with Crippen molar-refractivity contribution in [1.82, 2.24) is 29.7 Å². The van der Waals surface area contributed by atoms with Crippen molar-refractivity contribution in [1.29, 1.82) is 0 Å². The highest BCUT2D eigenvalue weighted by Crippen LogP contribution is 2.29. The Morgan fingerprint density at radius 1 is 1.10 bits per heavy atom. The summed E-state index contributed by atoms with van der Waals surface area (Å²) in [5.74, 6) is -0.0572. The molecule has 2 unspecified atom stereocenters. The first-order chi connectivity index (χ1) is 15.0. The van der Waals surface area contributed by atoms with E-state index in [4.69, 9.17) is 0 Å². The maximum atomic E-state index is 12.9. The van der Waals surface area contributed by atoms with E-state index in [0.717, 1.165) is 11.1 Å². The maximum absolute atomic E-state index is 12.9. The molecule has 31 heavy (non-hydrogen) atoms. The van der Waals surface area contributed by atoms with E-state index in [1.807, 2.05) is 35.3 Å². The standard InChI is InChI=1S/C23H25FN6O/c1-15(2)21(17-7-5-4-6-8-17)29-13-19(11-26-29)18-9-20(23(31)28-16(3)10-24)22-25-14-27-30(22)12-18/h4-9,11-16,21H,10H2,1-3H3,(H,28,31). The molecule has 4 rings (SSSR count). The molecule has 0 aliphatic heterocycles. The Bertz CT molecular complexity index is 1180. The molecule has 1 N–H and O–H groups in total. The number of pyridine rings is 1. The molecular weight excluding hydrogens is 395 g/mol. The molecule has 0 radical (unpaired) electrons. The Kier molecular flexibility index (Phi) is 5.79. The van der Waals surface area contributed by atoms with Crippen LogP contribution in [0.5, 0.6) is 0 Å². The number of benzene rings is 1. The molecule has 160 valence electrons. The number of carbonyl (C=O) groups is 1. The molecular formula is C23H25FN6O. The fraction of sp³-hybridized carbons (Fsp3) is 0.304. The minimum atomic E-state index is -0.642. The number of aromatic nitrogens is 5. The Labute approximate surface area is 179 Å². The molecule has 7 nitrogen and oxygen atoms in total. The Morgan fingerprint density at radius 2 is 1.87 bits per heavy atom. The van der Waals surface area contributed by atoms with Gasteiger partial charge in [-0.05, 0) is 24.5 Å². The third-order valence-corrected chi connectivity index (χ3v) is 5.22. The van der Waals surface area contributed by atoms with Crippen molar-refractivity contribution in [3.63, 3.8) is 0 Å². The number of carbonyl (C=O) groups excluding carboxylic acids is 1. The largest absolute Gasteiger partial charge is 0.347 e. The van der Waals surface area contributed by atoms with E-state index in [1.165, 1.54) is 11.9 Å². The van der Waals surface area contributed by atoms with Gasteiger partial charge in [0, 0.05) is 23.5 Å². The summed E-state index contributed by atoms with van der Waals surface area (Å²) in [5, 5.41) is 11.5. The number of halogens is 1. The minimum absolute atomic E-state index is 0.0817. The first-order valence-electron chi connectivity index (χ1n) is 10.3. The summed E-state index contributed by atoms with van der Waals surface area (Å²) in [4.78, 5) is 16.9. The van der Waals surface area contributed by atoms with Gasteiger partial charge in [-0.15, -0.1) is 0 Å². The van der Waals surface area contributed by atoms with Crippen LogP contribution in [0.3, 0.4) is 0 Å². The second kappa shape index (κ2) is 8.67. The lowest BCUT2D eigenvalue weighted by atomic mass is 9.96. The molecule has 0 bridgehead atoms. The molecule has 3 heterocycles. The number of amides is 1. The summed E-state index contributed by atoms with van der Waals surface area (Å²) in [7, 11) is 0. The van der Waals surface area contributed by atoms with Gasteiger partial charge in [0.1, 0.15) is 13.0 Å². The number of hydrogen-bond donors (Lipinski definition) is 1. The molecule has 1 aromatic carbocycles. The predicted molar refractivity (Wildman–Crippen MR) is 117 cm³/mol. The van der Waals surface area contributed by atoms with Crippen LogP contribution in [0.4, 0.5) is 4.39 Å². The quantitative estimate of drug-likeness (QED) is 0.492. The Morgan fingerprint density at radius 3 is 2.58 bits per heavy atom. The van der Waals surface area contributed by atoms with Crippen LogP contribution >= 0.6 is 0 Å². The molecule has 3 aromatic heterocycles. The maximum Gasteiger partial charge on any atom is 0.255 e. The van der Waals surface area contributed by atoms with Crippen LogP contribution in [0.2, 0.25) is 0 Å². The normalized spacial score (nSPS) is 13.5. The molecule has 0 fully saturated rings. The Balaban J connectivity index is 1.73. The number of alkyl halides is 1. The summed E-state index contributed by atoms with van der Waals surface area (Å²) in [6, 6.07) is 11.5. The van der Waals surface area contributed by atoms with E-state index in [-0.39, 0.29) is 11.9 Å². The van der Waals surface area contributed by atoms with Crippen LogP contribution in [0, 0.1) is 5.92 Å². The van der Waals surface area contributed by atoms with Gasteiger partial charge in [0.2, 0.25) is 0 Å². The van der Waals surface area contributed by atoms with Crippen molar-refractivity contribution in [2.24, 2.45) is 5.92 Å². The van der Waals surface area contributed by atoms with Gasteiger partial charge in [-0.3, -0.25) is 9.48 Å². The lowest BCUT2D eigenvalue weighted by Crippen LogP contribution is -2.34. The van der Waals surface area contributed by atoms with E-state index >= 15 is 0 Å². The molecule has 0 aliphatic carbocycles. The van der Waals surface area contributed by atoms with Gasteiger partial charge in [0.15, 0.2) is 5.65 Å². The zero-order chi connectivity index (χ0) is 22.0. The number of nitrogens with one attached hydrogen (secondary N) is 1. The lowest BCUT2D eigenvalue weighted by Gasteiger charge is -2.22. The van der Waals surface area contributed by atoms with Gasteiger partial charge >= 0.3 is 0 Å². The third kappa shape index (κ3) is 4.19. The highest BCUT2D eigenvalue weighted by molar-refractivity contribution is 6.01. The van der Waals surface area contributed by atoms with Crippen molar-refractivity contribution < 1.29 is 9.18 Å². The third-order valence-electron chi connectivity index (χ3n) is 5.22. The van der Waals surface area contributed by atoms with Crippen LogP contribution in [0.25, 0.3) is 16.8 Å². The van der Waals surface area contributed by atoms with Crippen molar-refractivity contribution in [3.05, 3.63) is 72.4 Å². The molecule has 0 aliphatic rings. The van der Waals surface area contributed by atoms with Crippen molar-refractivity contribution >= 4 is 11.6 Å². The zero-order valence-electron chi connectivity index (χ0n) is 17.7. The number of nitrogens with zero attached hydrogens (tertiary/aromatic N) is 5. The topological polar surface area (TPSA) is 77.1 Å². The van der Waals surface area contributed by atoms with Crippen LogP contribution in [0.15, 0.2) is 61.3 Å². The van der Waals surface area contributed by atoms with Gasteiger partial charge in [-0.1, -0.05) is 44.2 Å². The smallest absolute Gasteiger partial charge is 0.255 e. The van der Waals surface area contributed by atoms with E-state index in [1.54, 1.807) is 23.7 Å². The van der Waals surface area contributed by atoms with Crippen molar-refractivity contribution in [2.45, 2.75) is 32.9 Å². The average molecular weight is 420 g/mol. The van der Waals surface area contributed by atoms with Crippen molar-refractivity contribution in [2.75, 3.05) is 6.67 Å². The molecule has 1 amide bonds. The number of hydrogen-bond acceptors (Lipinski definition) is 4. The van der Waals surface area contributed by atoms with Gasteiger partial charge in [0.25, 0.3) is 5.91 Å². The minimum Gasteiger partial charge on any atom is -0.347 e. The fourth-order valence-electron chi connectivity index (χ4n) is 3.72. The second-order valence-corrected chi connectivity index (χ2v) is 8.01.